The number of rotatable bonds is 3. The van der Waals surface area contributed by atoms with E-state index in [4.69, 9.17) is 0 Å². The zero-order valence-electron chi connectivity index (χ0n) is 11.3. The molecule has 2 saturated heterocycles. The Bertz CT molecular complexity index is 381. The molecule has 100 valence electrons. The fourth-order valence-electron chi connectivity index (χ4n) is 3.46. The van der Waals surface area contributed by atoms with Gasteiger partial charge < -0.3 is 5.32 Å². The van der Waals surface area contributed by atoms with Crippen LogP contribution < -0.4 is 5.32 Å². The van der Waals surface area contributed by atoms with E-state index in [1.165, 1.54) is 51.0 Å². The lowest BCUT2D eigenvalue weighted by Crippen LogP contribution is -2.43. The van der Waals surface area contributed by atoms with Crippen LogP contribution in [0.3, 0.4) is 0 Å². The highest BCUT2D eigenvalue weighted by atomic mass is 15.3. The molecule has 0 radical (unpaired) electrons. The highest BCUT2D eigenvalue weighted by Gasteiger charge is 2.29. The minimum Gasteiger partial charge on any atom is -0.314 e. The second-order valence-electron chi connectivity index (χ2n) is 5.79. The molecule has 18 heavy (non-hydrogen) atoms. The SMILES string of the molecule is Cn1nccc1CN1CCCC(C2CCCN2)C1. The molecular formula is C14H24N4. The maximum absolute atomic E-state index is 4.26. The van der Waals surface area contributed by atoms with E-state index in [9.17, 15) is 0 Å². The monoisotopic (exact) mass is 248 g/mol. The highest BCUT2D eigenvalue weighted by Crippen LogP contribution is 2.25. The van der Waals surface area contributed by atoms with E-state index in [1.54, 1.807) is 0 Å². The molecule has 1 aromatic rings. The summed E-state index contributed by atoms with van der Waals surface area (Å²) in [6.07, 6.45) is 7.39. The van der Waals surface area contributed by atoms with Gasteiger partial charge in [0.2, 0.25) is 0 Å². The third-order valence-corrected chi connectivity index (χ3v) is 4.52. The predicted octanol–water partition coefficient (Wildman–Crippen LogP) is 1.38. The van der Waals surface area contributed by atoms with Crippen molar-refractivity contribution < 1.29 is 0 Å². The van der Waals surface area contributed by atoms with E-state index >= 15 is 0 Å². The average molecular weight is 248 g/mol. The lowest BCUT2D eigenvalue weighted by Gasteiger charge is -2.35. The van der Waals surface area contributed by atoms with Gasteiger partial charge in [0.25, 0.3) is 0 Å². The number of hydrogen-bond donors (Lipinski definition) is 1. The summed E-state index contributed by atoms with van der Waals surface area (Å²) < 4.78 is 2.00. The van der Waals surface area contributed by atoms with Crippen LogP contribution in [0.15, 0.2) is 12.3 Å². The fraction of sp³-hybridized carbons (Fsp3) is 0.786. The molecule has 1 N–H and O–H groups in total. The quantitative estimate of drug-likeness (QED) is 0.877. The second-order valence-corrected chi connectivity index (χ2v) is 5.79. The van der Waals surface area contributed by atoms with Crippen molar-refractivity contribution in [2.24, 2.45) is 13.0 Å². The first-order chi connectivity index (χ1) is 8.83. The van der Waals surface area contributed by atoms with Crippen molar-refractivity contribution >= 4 is 0 Å². The predicted molar refractivity (Wildman–Crippen MR) is 72.2 cm³/mol. The van der Waals surface area contributed by atoms with Gasteiger partial charge in [0, 0.05) is 32.4 Å². The van der Waals surface area contributed by atoms with Crippen molar-refractivity contribution in [1.82, 2.24) is 20.0 Å². The zero-order valence-corrected chi connectivity index (χ0v) is 11.3. The van der Waals surface area contributed by atoms with Gasteiger partial charge in [0.05, 0.1) is 5.69 Å². The molecule has 2 unspecified atom stereocenters. The van der Waals surface area contributed by atoms with Crippen molar-refractivity contribution in [3.05, 3.63) is 18.0 Å². The molecule has 0 aromatic carbocycles. The van der Waals surface area contributed by atoms with Crippen LogP contribution in [0.2, 0.25) is 0 Å². The molecule has 3 rings (SSSR count). The van der Waals surface area contributed by atoms with Crippen molar-refractivity contribution in [2.45, 2.75) is 38.3 Å². The number of nitrogens with zero attached hydrogens (tertiary/aromatic N) is 3. The molecule has 0 bridgehead atoms. The summed E-state index contributed by atoms with van der Waals surface area (Å²) in [6.45, 7) is 4.78. The Hall–Kier alpha value is -0.870. The summed E-state index contributed by atoms with van der Waals surface area (Å²) in [4.78, 5) is 2.60. The van der Waals surface area contributed by atoms with E-state index in [0.29, 0.717) is 0 Å². The number of likely N-dealkylation sites (tertiary alicyclic amines) is 1. The first-order valence-corrected chi connectivity index (χ1v) is 7.25. The smallest absolute Gasteiger partial charge is 0.0521 e. The van der Waals surface area contributed by atoms with Gasteiger partial charge in [-0.2, -0.15) is 5.10 Å². The number of piperidine rings is 1. The number of aryl methyl sites for hydroxylation is 1. The average Bonchev–Trinajstić information content (AvgIpc) is 3.02. The topological polar surface area (TPSA) is 33.1 Å². The summed E-state index contributed by atoms with van der Waals surface area (Å²) in [6, 6.07) is 2.91. The Morgan fingerprint density at radius 3 is 3.06 bits per heavy atom. The van der Waals surface area contributed by atoms with E-state index in [0.717, 1.165) is 18.5 Å². The molecule has 4 heteroatoms. The van der Waals surface area contributed by atoms with Crippen molar-refractivity contribution in [3.63, 3.8) is 0 Å². The Morgan fingerprint density at radius 2 is 2.33 bits per heavy atom. The zero-order chi connectivity index (χ0) is 12.4. The first kappa shape index (κ1) is 12.2. The van der Waals surface area contributed by atoms with Crippen molar-refractivity contribution in [3.8, 4) is 0 Å². The summed E-state index contributed by atoms with van der Waals surface area (Å²) in [5.74, 6) is 0.856. The minimum absolute atomic E-state index is 0.777. The Balaban J connectivity index is 1.58. The summed E-state index contributed by atoms with van der Waals surface area (Å²) in [5.41, 5.74) is 1.33. The van der Waals surface area contributed by atoms with E-state index in [-0.39, 0.29) is 0 Å². The first-order valence-electron chi connectivity index (χ1n) is 7.25. The molecule has 3 heterocycles. The molecule has 2 atom stereocenters. The van der Waals surface area contributed by atoms with Crippen LogP contribution in [-0.2, 0) is 13.6 Å². The summed E-state index contributed by atoms with van der Waals surface area (Å²) in [7, 11) is 2.04. The molecule has 2 aliphatic heterocycles. The molecular weight excluding hydrogens is 224 g/mol. The van der Waals surface area contributed by atoms with Gasteiger partial charge in [0.15, 0.2) is 0 Å². The second kappa shape index (κ2) is 5.41. The number of hydrogen-bond acceptors (Lipinski definition) is 3. The molecule has 2 aliphatic rings. The van der Waals surface area contributed by atoms with Crippen LogP contribution in [0.5, 0.6) is 0 Å². The van der Waals surface area contributed by atoms with Gasteiger partial charge in [-0.15, -0.1) is 0 Å². The van der Waals surface area contributed by atoms with Crippen LogP contribution in [0.25, 0.3) is 0 Å². The largest absolute Gasteiger partial charge is 0.314 e. The third kappa shape index (κ3) is 2.59. The van der Waals surface area contributed by atoms with Crippen LogP contribution in [0, 0.1) is 5.92 Å². The van der Waals surface area contributed by atoms with Crippen molar-refractivity contribution in [1.29, 1.82) is 0 Å². The summed E-state index contributed by atoms with van der Waals surface area (Å²) >= 11 is 0. The van der Waals surface area contributed by atoms with Gasteiger partial charge in [-0.1, -0.05) is 0 Å². The van der Waals surface area contributed by atoms with Gasteiger partial charge >= 0.3 is 0 Å². The van der Waals surface area contributed by atoms with Gasteiger partial charge in [0.1, 0.15) is 0 Å². The van der Waals surface area contributed by atoms with E-state index in [1.807, 2.05) is 17.9 Å². The van der Waals surface area contributed by atoms with Gasteiger partial charge in [-0.05, 0) is 50.8 Å². The number of nitrogens with one attached hydrogen (secondary N) is 1. The third-order valence-electron chi connectivity index (χ3n) is 4.52. The Morgan fingerprint density at radius 1 is 1.39 bits per heavy atom. The van der Waals surface area contributed by atoms with Crippen LogP contribution in [-0.4, -0.2) is 40.4 Å². The van der Waals surface area contributed by atoms with E-state index < -0.39 is 0 Å². The van der Waals surface area contributed by atoms with Crippen LogP contribution in [0.4, 0.5) is 0 Å². The minimum atomic E-state index is 0.777. The maximum Gasteiger partial charge on any atom is 0.0521 e. The molecule has 1 aromatic heterocycles. The molecule has 0 amide bonds. The number of aromatic nitrogens is 2. The van der Waals surface area contributed by atoms with Crippen LogP contribution in [0.1, 0.15) is 31.4 Å². The molecule has 0 aliphatic carbocycles. The van der Waals surface area contributed by atoms with Gasteiger partial charge in [-0.3, -0.25) is 9.58 Å². The lowest BCUT2D eigenvalue weighted by molar-refractivity contribution is 0.142. The molecule has 0 spiro atoms. The van der Waals surface area contributed by atoms with Gasteiger partial charge in [-0.25, -0.2) is 0 Å². The molecule has 0 saturated carbocycles. The molecule has 4 nitrogen and oxygen atoms in total. The molecule has 2 fully saturated rings. The normalized spacial score (nSPS) is 29.8. The Labute approximate surface area is 109 Å². The van der Waals surface area contributed by atoms with E-state index in [2.05, 4.69) is 21.4 Å². The lowest BCUT2D eigenvalue weighted by atomic mass is 9.90. The highest BCUT2D eigenvalue weighted by molar-refractivity contribution is 5.00. The Kier molecular flexibility index (Phi) is 3.66. The summed E-state index contributed by atoms with van der Waals surface area (Å²) in [5, 5.41) is 7.93. The van der Waals surface area contributed by atoms with Crippen LogP contribution >= 0.6 is 0 Å². The standard InChI is InChI=1S/C14H24N4/c1-17-13(6-8-16-17)11-18-9-3-4-12(10-18)14-5-2-7-15-14/h6,8,12,14-15H,2-5,7,9-11H2,1H3. The van der Waals surface area contributed by atoms with Crippen molar-refractivity contribution in [2.75, 3.05) is 19.6 Å². The maximum atomic E-state index is 4.26. The fourth-order valence-corrected chi connectivity index (χ4v) is 3.46.